The van der Waals surface area contributed by atoms with Gasteiger partial charge in [0.05, 0.1) is 12.3 Å². The second kappa shape index (κ2) is 4.63. The van der Waals surface area contributed by atoms with Crippen molar-refractivity contribution in [2.24, 2.45) is 0 Å². The number of nitrogens with zero attached hydrogens (tertiary/aromatic N) is 1. The van der Waals surface area contributed by atoms with Crippen LogP contribution in [0.1, 0.15) is 25.3 Å². The normalized spacial score (nSPS) is 20.5. The van der Waals surface area contributed by atoms with Gasteiger partial charge in [0.25, 0.3) is 0 Å². The molecule has 0 radical (unpaired) electrons. The maximum Gasteiger partial charge on any atom is 0.243 e. The largest absolute Gasteiger partial charge is 0.392 e. The molecular formula is C12H16N2O2. The number of aliphatic hydroxyl groups is 1. The number of para-hydroxylation sites is 1. The molecule has 16 heavy (non-hydrogen) atoms. The van der Waals surface area contributed by atoms with Crippen LogP contribution in [0.5, 0.6) is 0 Å². The van der Waals surface area contributed by atoms with Crippen LogP contribution in [0.4, 0.5) is 5.69 Å². The summed E-state index contributed by atoms with van der Waals surface area (Å²) in [5.74, 6) is 0.0627. The van der Waals surface area contributed by atoms with Crippen molar-refractivity contribution in [2.75, 3.05) is 5.01 Å². The SMILES string of the molecule is CCC1CC(=O)N(c2ccccc2CO)N1. The van der Waals surface area contributed by atoms with Gasteiger partial charge in [0.15, 0.2) is 0 Å². The Morgan fingerprint density at radius 1 is 1.50 bits per heavy atom. The van der Waals surface area contributed by atoms with Crippen LogP contribution in [0.2, 0.25) is 0 Å². The molecule has 1 fully saturated rings. The minimum atomic E-state index is -0.0571. The molecule has 4 heteroatoms. The van der Waals surface area contributed by atoms with Crippen LogP contribution in [0.15, 0.2) is 24.3 Å². The van der Waals surface area contributed by atoms with E-state index in [-0.39, 0.29) is 18.6 Å². The molecule has 1 heterocycles. The van der Waals surface area contributed by atoms with Crippen molar-refractivity contribution in [3.63, 3.8) is 0 Å². The number of aliphatic hydroxyl groups excluding tert-OH is 1. The number of benzene rings is 1. The Kier molecular flexibility index (Phi) is 3.22. The van der Waals surface area contributed by atoms with Crippen LogP contribution in [-0.2, 0) is 11.4 Å². The molecule has 1 aliphatic heterocycles. The van der Waals surface area contributed by atoms with E-state index in [2.05, 4.69) is 5.43 Å². The van der Waals surface area contributed by atoms with Crippen molar-refractivity contribution in [1.82, 2.24) is 5.43 Å². The predicted molar refractivity (Wildman–Crippen MR) is 61.7 cm³/mol. The fraction of sp³-hybridized carbons (Fsp3) is 0.417. The van der Waals surface area contributed by atoms with Crippen LogP contribution in [0, 0.1) is 0 Å². The average molecular weight is 220 g/mol. The van der Waals surface area contributed by atoms with Crippen molar-refractivity contribution in [3.8, 4) is 0 Å². The number of nitrogens with one attached hydrogen (secondary N) is 1. The fourth-order valence-electron chi connectivity index (χ4n) is 1.90. The Labute approximate surface area is 94.9 Å². The summed E-state index contributed by atoms with van der Waals surface area (Å²) in [6.07, 6.45) is 1.44. The zero-order valence-electron chi connectivity index (χ0n) is 9.31. The van der Waals surface area contributed by atoms with Gasteiger partial charge < -0.3 is 5.11 Å². The quantitative estimate of drug-likeness (QED) is 0.804. The summed E-state index contributed by atoms with van der Waals surface area (Å²) in [5.41, 5.74) is 4.67. The summed E-state index contributed by atoms with van der Waals surface area (Å²) >= 11 is 0. The Bertz CT molecular complexity index is 392. The summed E-state index contributed by atoms with van der Waals surface area (Å²) in [7, 11) is 0. The topological polar surface area (TPSA) is 52.6 Å². The van der Waals surface area contributed by atoms with Crippen LogP contribution < -0.4 is 10.4 Å². The lowest BCUT2D eigenvalue weighted by Gasteiger charge is -2.20. The Morgan fingerprint density at radius 3 is 2.88 bits per heavy atom. The van der Waals surface area contributed by atoms with E-state index >= 15 is 0 Å². The lowest BCUT2D eigenvalue weighted by atomic mass is 10.1. The molecule has 1 aromatic rings. The summed E-state index contributed by atoms with van der Waals surface area (Å²) in [6, 6.07) is 7.59. The number of carbonyl (C=O) groups excluding carboxylic acids is 1. The Hall–Kier alpha value is -1.39. The second-order valence-corrected chi connectivity index (χ2v) is 3.95. The van der Waals surface area contributed by atoms with E-state index in [1.807, 2.05) is 31.2 Å². The minimum Gasteiger partial charge on any atom is -0.392 e. The van der Waals surface area contributed by atoms with E-state index in [0.717, 1.165) is 17.7 Å². The number of anilines is 1. The maximum atomic E-state index is 11.8. The molecule has 0 saturated carbocycles. The number of hydrogen-bond donors (Lipinski definition) is 2. The highest BCUT2D eigenvalue weighted by molar-refractivity contribution is 5.95. The molecule has 2 rings (SSSR count). The van der Waals surface area contributed by atoms with E-state index < -0.39 is 0 Å². The van der Waals surface area contributed by atoms with Gasteiger partial charge in [-0.15, -0.1) is 0 Å². The molecule has 0 bridgehead atoms. The van der Waals surface area contributed by atoms with E-state index in [1.54, 1.807) is 5.01 Å². The molecule has 1 amide bonds. The summed E-state index contributed by atoms with van der Waals surface area (Å²) in [5, 5.41) is 10.8. The molecule has 0 aromatic heterocycles. The highest BCUT2D eigenvalue weighted by Gasteiger charge is 2.29. The van der Waals surface area contributed by atoms with Crippen LogP contribution in [0.25, 0.3) is 0 Å². The number of amides is 1. The molecular weight excluding hydrogens is 204 g/mol. The van der Waals surface area contributed by atoms with Crippen molar-refractivity contribution in [3.05, 3.63) is 29.8 Å². The third-order valence-corrected chi connectivity index (χ3v) is 2.88. The van der Waals surface area contributed by atoms with E-state index in [4.69, 9.17) is 0 Å². The van der Waals surface area contributed by atoms with Gasteiger partial charge in [-0.1, -0.05) is 25.1 Å². The van der Waals surface area contributed by atoms with Crippen molar-refractivity contribution >= 4 is 11.6 Å². The molecule has 2 N–H and O–H groups in total. The molecule has 0 spiro atoms. The highest BCUT2D eigenvalue weighted by atomic mass is 16.3. The molecule has 1 aliphatic rings. The first-order valence-electron chi connectivity index (χ1n) is 5.54. The third kappa shape index (κ3) is 1.94. The standard InChI is InChI=1S/C12H16N2O2/c1-2-10-7-12(16)14(13-10)11-6-4-3-5-9(11)8-15/h3-6,10,13,15H,2,7-8H2,1H3. The second-order valence-electron chi connectivity index (χ2n) is 3.95. The fourth-order valence-corrected chi connectivity index (χ4v) is 1.90. The number of rotatable bonds is 3. The third-order valence-electron chi connectivity index (χ3n) is 2.88. The van der Waals surface area contributed by atoms with Crippen LogP contribution in [-0.4, -0.2) is 17.1 Å². The molecule has 1 saturated heterocycles. The first-order chi connectivity index (χ1) is 7.76. The molecule has 0 aliphatic carbocycles. The van der Waals surface area contributed by atoms with E-state index in [1.165, 1.54) is 0 Å². The summed E-state index contributed by atoms with van der Waals surface area (Å²) in [6.45, 7) is 1.99. The van der Waals surface area contributed by atoms with Gasteiger partial charge in [-0.25, -0.2) is 10.4 Å². The smallest absolute Gasteiger partial charge is 0.243 e. The van der Waals surface area contributed by atoms with Gasteiger partial charge in [-0.2, -0.15) is 0 Å². The summed E-state index contributed by atoms with van der Waals surface area (Å²) < 4.78 is 0. The maximum absolute atomic E-state index is 11.8. The van der Waals surface area contributed by atoms with Gasteiger partial charge >= 0.3 is 0 Å². The van der Waals surface area contributed by atoms with Gasteiger partial charge in [0.2, 0.25) is 5.91 Å². The van der Waals surface area contributed by atoms with Crippen molar-refractivity contribution < 1.29 is 9.90 Å². The van der Waals surface area contributed by atoms with Gasteiger partial charge in [0, 0.05) is 18.0 Å². The molecule has 1 atom stereocenters. The van der Waals surface area contributed by atoms with E-state index in [9.17, 15) is 9.90 Å². The molecule has 86 valence electrons. The molecule has 1 unspecified atom stereocenters. The minimum absolute atomic E-state index is 0.0571. The highest BCUT2D eigenvalue weighted by Crippen LogP contribution is 2.24. The van der Waals surface area contributed by atoms with Crippen LogP contribution >= 0.6 is 0 Å². The lowest BCUT2D eigenvalue weighted by molar-refractivity contribution is -0.117. The van der Waals surface area contributed by atoms with Crippen molar-refractivity contribution in [1.29, 1.82) is 0 Å². The number of hydrogen-bond acceptors (Lipinski definition) is 3. The lowest BCUT2D eigenvalue weighted by Crippen LogP contribution is -2.38. The Morgan fingerprint density at radius 2 is 2.25 bits per heavy atom. The van der Waals surface area contributed by atoms with Crippen molar-refractivity contribution in [2.45, 2.75) is 32.4 Å². The van der Waals surface area contributed by atoms with Gasteiger partial charge in [-0.3, -0.25) is 4.79 Å². The average Bonchev–Trinajstić information content (AvgIpc) is 2.70. The predicted octanol–water partition coefficient (Wildman–Crippen LogP) is 1.20. The first-order valence-corrected chi connectivity index (χ1v) is 5.54. The Balaban J connectivity index is 2.27. The first kappa shape index (κ1) is 11.1. The molecule has 1 aromatic carbocycles. The number of carbonyl (C=O) groups is 1. The summed E-state index contributed by atoms with van der Waals surface area (Å²) in [4.78, 5) is 11.8. The van der Waals surface area contributed by atoms with E-state index in [0.29, 0.717) is 6.42 Å². The zero-order chi connectivity index (χ0) is 11.5. The van der Waals surface area contributed by atoms with Crippen LogP contribution in [0.3, 0.4) is 0 Å². The monoisotopic (exact) mass is 220 g/mol. The zero-order valence-corrected chi connectivity index (χ0v) is 9.31. The van der Waals surface area contributed by atoms with Gasteiger partial charge in [-0.05, 0) is 12.5 Å². The number of hydrazine groups is 1. The molecule has 4 nitrogen and oxygen atoms in total. The van der Waals surface area contributed by atoms with Gasteiger partial charge in [0.1, 0.15) is 0 Å².